The van der Waals surface area contributed by atoms with Crippen LogP contribution < -0.4 is 14.4 Å². The van der Waals surface area contributed by atoms with Gasteiger partial charge in [0.2, 0.25) is 0 Å². The standard InChI is InChI=1S/C28H19Br2NO3S2/c1-33-24-14-17(15-25-27(32)31(28(35)36-25)21-11-9-20(29)10-12-21)13-23(30)26(24)34-16-19-7-4-6-18-5-2-3-8-22(18)19/h2-15H,16H2,1H3/b25-15+. The Morgan fingerprint density at radius 1 is 1.00 bits per heavy atom. The van der Waals surface area contributed by atoms with Crippen LogP contribution in [0.5, 0.6) is 11.5 Å². The molecule has 0 saturated carbocycles. The molecule has 1 heterocycles. The van der Waals surface area contributed by atoms with Crippen LogP contribution in [0.4, 0.5) is 5.69 Å². The van der Waals surface area contributed by atoms with Gasteiger partial charge in [0.05, 0.1) is 22.2 Å². The molecule has 1 saturated heterocycles. The zero-order chi connectivity index (χ0) is 25.2. The summed E-state index contributed by atoms with van der Waals surface area (Å²) < 4.78 is 14.0. The van der Waals surface area contributed by atoms with Crippen molar-refractivity contribution in [2.75, 3.05) is 12.0 Å². The molecule has 0 bridgehead atoms. The maximum atomic E-state index is 13.1. The second kappa shape index (κ2) is 10.8. The summed E-state index contributed by atoms with van der Waals surface area (Å²) in [5.74, 6) is 1.02. The molecule has 36 heavy (non-hydrogen) atoms. The molecule has 0 aromatic heterocycles. The van der Waals surface area contributed by atoms with Gasteiger partial charge in [-0.15, -0.1) is 0 Å². The number of methoxy groups -OCH3 is 1. The molecule has 0 unspecified atom stereocenters. The highest BCUT2D eigenvalue weighted by Crippen LogP contribution is 2.40. The Bertz CT molecular complexity index is 1510. The van der Waals surface area contributed by atoms with E-state index >= 15 is 0 Å². The molecular formula is C28H19Br2NO3S2. The predicted octanol–water partition coefficient (Wildman–Crippen LogP) is 8.36. The van der Waals surface area contributed by atoms with Crippen LogP contribution in [0.2, 0.25) is 0 Å². The van der Waals surface area contributed by atoms with Gasteiger partial charge in [-0.25, -0.2) is 0 Å². The molecule has 4 nitrogen and oxygen atoms in total. The number of benzene rings is 4. The minimum Gasteiger partial charge on any atom is -0.493 e. The maximum absolute atomic E-state index is 13.1. The Hall–Kier alpha value is -2.65. The Kier molecular flexibility index (Phi) is 7.48. The molecule has 1 fully saturated rings. The third kappa shape index (κ3) is 5.09. The first kappa shape index (κ1) is 25.0. The van der Waals surface area contributed by atoms with Crippen LogP contribution in [-0.4, -0.2) is 17.3 Å². The lowest BCUT2D eigenvalue weighted by Crippen LogP contribution is -2.27. The van der Waals surface area contributed by atoms with E-state index in [4.69, 9.17) is 21.7 Å². The summed E-state index contributed by atoms with van der Waals surface area (Å²) in [6, 6.07) is 25.7. The van der Waals surface area contributed by atoms with E-state index < -0.39 is 0 Å². The summed E-state index contributed by atoms with van der Waals surface area (Å²) in [5, 5.41) is 2.32. The van der Waals surface area contributed by atoms with E-state index in [2.05, 4.69) is 56.1 Å². The number of ether oxygens (including phenoxy) is 2. The molecule has 0 spiro atoms. The van der Waals surface area contributed by atoms with Crippen molar-refractivity contribution >= 4 is 88.6 Å². The van der Waals surface area contributed by atoms with Gasteiger partial charge in [-0.3, -0.25) is 9.69 Å². The number of thioether (sulfide) groups is 1. The first-order valence-electron chi connectivity index (χ1n) is 10.9. The Balaban J connectivity index is 1.40. The highest BCUT2D eigenvalue weighted by molar-refractivity contribution is 9.10. The maximum Gasteiger partial charge on any atom is 0.270 e. The van der Waals surface area contributed by atoms with E-state index in [9.17, 15) is 4.79 Å². The molecule has 0 N–H and O–H groups in total. The van der Waals surface area contributed by atoms with Crippen LogP contribution in [0, 0.1) is 0 Å². The van der Waals surface area contributed by atoms with Crippen molar-refractivity contribution in [1.82, 2.24) is 0 Å². The number of amides is 1. The number of rotatable bonds is 6. The molecule has 1 aliphatic rings. The number of anilines is 1. The summed E-state index contributed by atoms with van der Waals surface area (Å²) in [6.45, 7) is 0.390. The normalized spacial score (nSPS) is 14.6. The summed E-state index contributed by atoms with van der Waals surface area (Å²) in [7, 11) is 1.60. The molecule has 0 radical (unpaired) electrons. The van der Waals surface area contributed by atoms with Crippen molar-refractivity contribution in [2.45, 2.75) is 6.61 Å². The number of carbonyl (C=O) groups is 1. The largest absolute Gasteiger partial charge is 0.493 e. The molecule has 4 aromatic rings. The summed E-state index contributed by atoms with van der Waals surface area (Å²) >= 11 is 13.8. The highest BCUT2D eigenvalue weighted by atomic mass is 79.9. The first-order chi connectivity index (χ1) is 17.4. The Morgan fingerprint density at radius 2 is 1.75 bits per heavy atom. The zero-order valence-corrected chi connectivity index (χ0v) is 23.8. The predicted molar refractivity (Wildman–Crippen MR) is 159 cm³/mol. The monoisotopic (exact) mass is 639 g/mol. The number of nitrogens with zero attached hydrogens (tertiary/aromatic N) is 1. The molecule has 0 atom stereocenters. The van der Waals surface area contributed by atoms with Crippen molar-refractivity contribution < 1.29 is 14.3 Å². The van der Waals surface area contributed by atoms with Crippen molar-refractivity contribution in [1.29, 1.82) is 0 Å². The van der Waals surface area contributed by atoms with Gasteiger partial charge in [0, 0.05) is 4.47 Å². The van der Waals surface area contributed by atoms with Gasteiger partial charge in [0.25, 0.3) is 5.91 Å². The molecule has 5 rings (SSSR count). The fraction of sp³-hybridized carbons (Fsp3) is 0.0714. The van der Waals surface area contributed by atoms with Gasteiger partial charge in [0.1, 0.15) is 6.61 Å². The topological polar surface area (TPSA) is 38.8 Å². The number of fused-ring (bicyclic) bond motifs is 1. The van der Waals surface area contributed by atoms with Gasteiger partial charge < -0.3 is 9.47 Å². The minimum atomic E-state index is -0.154. The molecule has 4 aromatic carbocycles. The molecule has 1 aliphatic heterocycles. The third-order valence-corrected chi connectivity index (χ3v) is 8.10. The molecule has 180 valence electrons. The van der Waals surface area contributed by atoms with Gasteiger partial charge >= 0.3 is 0 Å². The van der Waals surface area contributed by atoms with E-state index in [1.54, 1.807) is 12.0 Å². The van der Waals surface area contributed by atoms with Crippen LogP contribution in [0.1, 0.15) is 11.1 Å². The van der Waals surface area contributed by atoms with Crippen LogP contribution in [0.15, 0.2) is 92.7 Å². The second-order valence-corrected chi connectivity index (χ2v) is 11.4. The van der Waals surface area contributed by atoms with E-state index in [0.717, 1.165) is 31.1 Å². The average molecular weight is 641 g/mol. The number of carbonyl (C=O) groups excluding carboxylic acids is 1. The van der Waals surface area contributed by atoms with Crippen LogP contribution >= 0.6 is 55.8 Å². The lowest BCUT2D eigenvalue weighted by molar-refractivity contribution is -0.113. The van der Waals surface area contributed by atoms with Gasteiger partial charge in [-0.05, 0) is 80.3 Å². The van der Waals surface area contributed by atoms with Crippen molar-refractivity contribution in [3.05, 3.63) is 104 Å². The van der Waals surface area contributed by atoms with Crippen LogP contribution in [-0.2, 0) is 11.4 Å². The zero-order valence-electron chi connectivity index (χ0n) is 19.0. The van der Waals surface area contributed by atoms with Gasteiger partial charge in [0.15, 0.2) is 15.8 Å². The fourth-order valence-electron chi connectivity index (χ4n) is 3.96. The molecule has 8 heteroatoms. The quantitative estimate of drug-likeness (QED) is 0.156. The van der Waals surface area contributed by atoms with Crippen molar-refractivity contribution in [2.24, 2.45) is 0 Å². The Labute approximate surface area is 235 Å². The number of thiocarbonyl (C=S) groups is 1. The fourth-order valence-corrected chi connectivity index (χ4v) is 6.10. The van der Waals surface area contributed by atoms with Crippen LogP contribution in [0.3, 0.4) is 0 Å². The first-order valence-corrected chi connectivity index (χ1v) is 13.8. The third-order valence-electron chi connectivity index (χ3n) is 5.68. The number of hydrogen-bond donors (Lipinski definition) is 0. The highest BCUT2D eigenvalue weighted by Gasteiger charge is 2.33. The average Bonchev–Trinajstić information content (AvgIpc) is 3.16. The lowest BCUT2D eigenvalue weighted by atomic mass is 10.1. The van der Waals surface area contributed by atoms with E-state index in [1.807, 2.05) is 60.7 Å². The van der Waals surface area contributed by atoms with Crippen LogP contribution in [0.25, 0.3) is 16.8 Å². The summed E-state index contributed by atoms with van der Waals surface area (Å²) in [5.41, 5.74) is 2.62. The Morgan fingerprint density at radius 3 is 2.53 bits per heavy atom. The minimum absolute atomic E-state index is 0.154. The lowest BCUT2D eigenvalue weighted by Gasteiger charge is -2.15. The van der Waals surface area contributed by atoms with Crippen molar-refractivity contribution in [3.8, 4) is 11.5 Å². The van der Waals surface area contributed by atoms with Gasteiger partial charge in [-0.2, -0.15) is 0 Å². The summed E-state index contributed by atoms with van der Waals surface area (Å²) in [6.07, 6.45) is 1.82. The smallest absolute Gasteiger partial charge is 0.270 e. The second-order valence-electron chi connectivity index (χ2n) is 7.95. The van der Waals surface area contributed by atoms with Gasteiger partial charge in [-0.1, -0.05) is 82.4 Å². The molecular weight excluding hydrogens is 622 g/mol. The molecule has 0 aliphatic carbocycles. The molecule has 1 amide bonds. The summed E-state index contributed by atoms with van der Waals surface area (Å²) in [4.78, 5) is 15.2. The van der Waals surface area contributed by atoms with E-state index in [-0.39, 0.29) is 5.91 Å². The number of halogens is 2. The van der Waals surface area contributed by atoms with E-state index in [1.165, 1.54) is 17.1 Å². The number of hydrogen-bond acceptors (Lipinski definition) is 5. The van der Waals surface area contributed by atoms with E-state index in [0.29, 0.717) is 27.3 Å². The van der Waals surface area contributed by atoms with Crippen molar-refractivity contribution in [3.63, 3.8) is 0 Å². The SMILES string of the molecule is COc1cc(/C=C2/SC(=S)N(c3ccc(Br)cc3)C2=O)cc(Br)c1OCc1cccc2ccccc12.